The zero-order chi connectivity index (χ0) is 17.7. The van der Waals surface area contributed by atoms with Gasteiger partial charge in [0.05, 0.1) is 24.0 Å². The highest BCUT2D eigenvalue weighted by Crippen LogP contribution is 2.46. The van der Waals surface area contributed by atoms with Crippen LogP contribution in [0.3, 0.4) is 0 Å². The molecule has 4 nitrogen and oxygen atoms in total. The largest absolute Gasteiger partial charge is 0.350 e. The highest BCUT2D eigenvalue weighted by molar-refractivity contribution is 6.30. The lowest BCUT2D eigenvalue weighted by atomic mass is 9.73. The zero-order valence-corrected chi connectivity index (χ0v) is 15.8. The third-order valence-electron chi connectivity index (χ3n) is 6.05. The van der Waals surface area contributed by atoms with E-state index in [1.807, 2.05) is 43.0 Å². The van der Waals surface area contributed by atoms with Gasteiger partial charge in [0, 0.05) is 18.1 Å². The SMILES string of the molecule is CC1(C)OCC2(CO1)CN(C(=O)C1(c3ccc(Cl)cc3)CCCC1)C2. The van der Waals surface area contributed by atoms with Gasteiger partial charge in [-0.25, -0.2) is 0 Å². The first-order valence-electron chi connectivity index (χ1n) is 9.18. The molecule has 0 bridgehead atoms. The van der Waals surface area contributed by atoms with Crippen molar-refractivity contribution in [1.82, 2.24) is 4.90 Å². The van der Waals surface area contributed by atoms with Crippen molar-refractivity contribution < 1.29 is 14.3 Å². The minimum absolute atomic E-state index is 0.0228. The van der Waals surface area contributed by atoms with Crippen molar-refractivity contribution >= 4 is 17.5 Å². The predicted molar refractivity (Wildman–Crippen MR) is 96.6 cm³/mol. The quantitative estimate of drug-likeness (QED) is 0.803. The molecule has 4 rings (SSSR count). The highest BCUT2D eigenvalue weighted by Gasteiger charge is 2.54. The van der Waals surface area contributed by atoms with Crippen LogP contribution in [0.5, 0.6) is 0 Å². The summed E-state index contributed by atoms with van der Waals surface area (Å²) in [7, 11) is 0. The molecule has 0 radical (unpaired) electrons. The van der Waals surface area contributed by atoms with E-state index in [-0.39, 0.29) is 16.7 Å². The lowest BCUT2D eigenvalue weighted by Gasteiger charge is -2.55. The lowest BCUT2D eigenvalue weighted by molar-refractivity contribution is -0.303. The monoisotopic (exact) mass is 363 g/mol. The molecule has 25 heavy (non-hydrogen) atoms. The minimum atomic E-state index is -0.508. The van der Waals surface area contributed by atoms with Crippen LogP contribution in [0.25, 0.3) is 0 Å². The average molecular weight is 364 g/mol. The van der Waals surface area contributed by atoms with E-state index in [2.05, 4.69) is 0 Å². The van der Waals surface area contributed by atoms with Crippen LogP contribution in [0.1, 0.15) is 45.1 Å². The lowest BCUT2D eigenvalue weighted by Crippen LogP contribution is -2.68. The van der Waals surface area contributed by atoms with E-state index in [1.54, 1.807) is 0 Å². The number of likely N-dealkylation sites (tertiary alicyclic amines) is 1. The van der Waals surface area contributed by atoms with E-state index < -0.39 is 5.79 Å². The number of ether oxygens (including phenoxy) is 2. The van der Waals surface area contributed by atoms with E-state index in [4.69, 9.17) is 21.1 Å². The number of carbonyl (C=O) groups is 1. The second-order valence-corrected chi connectivity index (χ2v) is 8.87. The predicted octanol–water partition coefficient (Wildman–Crippen LogP) is 3.76. The van der Waals surface area contributed by atoms with Crippen molar-refractivity contribution in [2.24, 2.45) is 5.41 Å². The van der Waals surface area contributed by atoms with Crippen molar-refractivity contribution in [2.75, 3.05) is 26.3 Å². The summed E-state index contributed by atoms with van der Waals surface area (Å²) >= 11 is 6.04. The number of nitrogens with zero attached hydrogens (tertiary/aromatic N) is 1. The fourth-order valence-electron chi connectivity index (χ4n) is 4.50. The smallest absolute Gasteiger partial charge is 0.233 e. The molecule has 1 aliphatic carbocycles. The van der Waals surface area contributed by atoms with Crippen molar-refractivity contribution in [3.63, 3.8) is 0 Å². The van der Waals surface area contributed by atoms with Gasteiger partial charge < -0.3 is 14.4 Å². The Hall–Kier alpha value is -1.10. The molecule has 0 aromatic heterocycles. The molecular formula is C20H26ClNO3. The third-order valence-corrected chi connectivity index (χ3v) is 6.31. The van der Waals surface area contributed by atoms with Crippen LogP contribution >= 0.6 is 11.6 Å². The van der Waals surface area contributed by atoms with Gasteiger partial charge in [-0.1, -0.05) is 36.6 Å². The number of hydrogen-bond acceptors (Lipinski definition) is 3. The van der Waals surface area contributed by atoms with Crippen molar-refractivity contribution in [3.8, 4) is 0 Å². The van der Waals surface area contributed by atoms with Gasteiger partial charge in [-0.15, -0.1) is 0 Å². The summed E-state index contributed by atoms with van der Waals surface area (Å²) in [6, 6.07) is 7.84. The second kappa shape index (κ2) is 5.97. The van der Waals surface area contributed by atoms with E-state index in [0.717, 1.165) is 44.3 Å². The maximum atomic E-state index is 13.4. The molecule has 1 spiro atoms. The molecular weight excluding hydrogens is 338 g/mol. The Bertz CT molecular complexity index is 646. The molecule has 136 valence electrons. The van der Waals surface area contributed by atoms with Gasteiger partial charge in [0.2, 0.25) is 5.91 Å². The number of rotatable bonds is 2. The Balaban J connectivity index is 1.49. The van der Waals surface area contributed by atoms with Crippen LogP contribution < -0.4 is 0 Å². The summed E-state index contributed by atoms with van der Waals surface area (Å²) in [5.74, 6) is -0.242. The Labute approximate surface area is 154 Å². The van der Waals surface area contributed by atoms with Gasteiger partial charge in [0.1, 0.15) is 0 Å². The fraction of sp³-hybridized carbons (Fsp3) is 0.650. The van der Waals surface area contributed by atoms with Gasteiger partial charge in [-0.05, 0) is 44.4 Å². The summed E-state index contributed by atoms with van der Waals surface area (Å²) in [5, 5.41) is 0.714. The minimum Gasteiger partial charge on any atom is -0.350 e. The van der Waals surface area contributed by atoms with E-state index in [0.29, 0.717) is 18.2 Å². The second-order valence-electron chi connectivity index (χ2n) is 8.43. The van der Waals surface area contributed by atoms with Gasteiger partial charge in [-0.3, -0.25) is 4.79 Å². The zero-order valence-electron chi connectivity index (χ0n) is 15.0. The summed E-state index contributed by atoms with van der Waals surface area (Å²) in [5.41, 5.74) is 0.713. The van der Waals surface area contributed by atoms with E-state index in [9.17, 15) is 4.79 Å². The first-order chi connectivity index (χ1) is 11.8. The molecule has 1 saturated carbocycles. The van der Waals surface area contributed by atoms with E-state index in [1.165, 1.54) is 0 Å². The fourth-order valence-corrected chi connectivity index (χ4v) is 4.63. The number of carbonyl (C=O) groups excluding carboxylic acids is 1. The molecule has 0 unspecified atom stereocenters. The summed E-state index contributed by atoms with van der Waals surface area (Å²) in [6.07, 6.45) is 4.06. The van der Waals surface area contributed by atoms with Gasteiger partial charge in [0.25, 0.3) is 0 Å². The maximum Gasteiger partial charge on any atom is 0.233 e. The standard InChI is InChI=1S/C20H26ClNO3/c1-18(2)24-13-19(14-25-18)11-22(12-19)17(23)20(9-3-4-10-20)15-5-7-16(21)8-6-15/h5-8H,3-4,9-14H2,1-2H3. The summed E-state index contributed by atoms with van der Waals surface area (Å²) < 4.78 is 11.6. The molecule has 3 fully saturated rings. The summed E-state index contributed by atoms with van der Waals surface area (Å²) in [4.78, 5) is 15.4. The van der Waals surface area contributed by atoms with Crippen molar-refractivity contribution in [2.45, 2.75) is 50.7 Å². The Morgan fingerprint density at radius 3 is 2.16 bits per heavy atom. The van der Waals surface area contributed by atoms with Crippen LogP contribution in [-0.4, -0.2) is 42.9 Å². The number of amides is 1. The average Bonchev–Trinajstić information content (AvgIpc) is 3.04. The van der Waals surface area contributed by atoms with Crippen molar-refractivity contribution in [1.29, 1.82) is 0 Å². The molecule has 2 heterocycles. The number of hydrogen-bond donors (Lipinski definition) is 0. The van der Waals surface area contributed by atoms with Gasteiger partial charge >= 0.3 is 0 Å². The molecule has 2 aliphatic heterocycles. The van der Waals surface area contributed by atoms with Crippen LogP contribution in [0.15, 0.2) is 24.3 Å². The highest BCUT2D eigenvalue weighted by atomic mass is 35.5. The molecule has 0 atom stereocenters. The van der Waals surface area contributed by atoms with Crippen LogP contribution in [0, 0.1) is 5.41 Å². The maximum absolute atomic E-state index is 13.4. The normalized spacial score (nSPS) is 26.4. The summed E-state index contributed by atoms with van der Waals surface area (Å²) in [6.45, 7) is 6.68. The number of halogens is 1. The third kappa shape index (κ3) is 2.98. The molecule has 1 amide bonds. The molecule has 2 saturated heterocycles. The topological polar surface area (TPSA) is 38.8 Å². The molecule has 1 aromatic rings. The van der Waals surface area contributed by atoms with Gasteiger partial charge in [-0.2, -0.15) is 0 Å². The molecule has 3 aliphatic rings. The van der Waals surface area contributed by atoms with Crippen LogP contribution in [0.2, 0.25) is 5.02 Å². The first-order valence-corrected chi connectivity index (χ1v) is 9.56. The van der Waals surface area contributed by atoms with Crippen LogP contribution in [-0.2, 0) is 19.7 Å². The number of benzene rings is 1. The molecule has 5 heteroatoms. The van der Waals surface area contributed by atoms with Gasteiger partial charge in [0.15, 0.2) is 5.79 Å². The van der Waals surface area contributed by atoms with Crippen LogP contribution in [0.4, 0.5) is 0 Å². The molecule has 0 N–H and O–H groups in total. The van der Waals surface area contributed by atoms with E-state index >= 15 is 0 Å². The Morgan fingerprint density at radius 1 is 1.04 bits per heavy atom. The Morgan fingerprint density at radius 2 is 1.60 bits per heavy atom. The first kappa shape index (κ1) is 17.3. The molecule has 1 aromatic carbocycles. The van der Waals surface area contributed by atoms with Crippen molar-refractivity contribution in [3.05, 3.63) is 34.9 Å². The Kier molecular flexibility index (Phi) is 4.13.